The van der Waals surface area contributed by atoms with Crippen LogP contribution < -0.4 is 21.3 Å². The summed E-state index contributed by atoms with van der Waals surface area (Å²) >= 11 is 0. The Kier molecular flexibility index (Phi) is 11.3. The van der Waals surface area contributed by atoms with Crippen molar-refractivity contribution in [3.8, 4) is 0 Å². The molecule has 0 aliphatic carbocycles. The number of ether oxygens (including phenoxy) is 1. The van der Waals surface area contributed by atoms with Crippen molar-refractivity contribution in [2.24, 2.45) is 0 Å². The molecule has 6 rings (SSSR count). The molecule has 2 aliphatic rings. The number of rotatable bonds is 4. The van der Waals surface area contributed by atoms with Crippen LogP contribution in [-0.4, -0.2) is 99.9 Å². The fraction of sp³-hybridized carbons (Fsp3) is 0.459. The molecule has 2 aromatic heterocycles. The van der Waals surface area contributed by atoms with E-state index < -0.39 is 30.0 Å². The highest BCUT2D eigenvalue weighted by atomic mass is 16.5. The number of nitrogens with one attached hydrogen (secondary N) is 5. The largest absolute Gasteiger partial charge is 0.368 e. The minimum atomic E-state index is -0.937. The maximum Gasteiger partial charge on any atom is 0.252 e. The van der Waals surface area contributed by atoms with Crippen LogP contribution in [-0.2, 0) is 36.9 Å². The first-order chi connectivity index (χ1) is 24.7. The van der Waals surface area contributed by atoms with Crippen molar-refractivity contribution in [3.05, 3.63) is 65.6 Å². The molecule has 5 N–H and O–H groups in total. The molecule has 0 spiro atoms. The number of hydrogen-bond donors (Lipinski definition) is 5. The van der Waals surface area contributed by atoms with Crippen molar-refractivity contribution >= 4 is 51.5 Å². The molecule has 51 heavy (non-hydrogen) atoms. The molecule has 14 nitrogen and oxygen atoms in total. The number of fused-ring (bicyclic) bond motifs is 2. The van der Waals surface area contributed by atoms with Crippen LogP contribution >= 0.6 is 0 Å². The molecule has 270 valence electrons. The lowest BCUT2D eigenvalue weighted by Gasteiger charge is -2.27. The van der Waals surface area contributed by atoms with Gasteiger partial charge in [-0.1, -0.05) is 25.1 Å². The number of nitrogens with zero attached hydrogens (tertiary/aromatic N) is 3. The van der Waals surface area contributed by atoms with E-state index in [1.54, 1.807) is 13.0 Å². The van der Waals surface area contributed by atoms with E-state index in [0.717, 1.165) is 39.7 Å². The topological polar surface area (TPSA) is 180 Å². The maximum atomic E-state index is 13.7. The molecule has 0 radical (unpaired) electrons. The molecular weight excluding hydrogens is 652 g/mol. The second-order valence-electron chi connectivity index (χ2n) is 13.2. The van der Waals surface area contributed by atoms with Gasteiger partial charge in [-0.3, -0.25) is 24.0 Å². The number of aromatic amines is 1. The van der Waals surface area contributed by atoms with E-state index in [-0.39, 0.29) is 50.2 Å². The summed E-state index contributed by atoms with van der Waals surface area (Å²) in [7, 11) is 0. The maximum absolute atomic E-state index is 13.7. The van der Waals surface area contributed by atoms with Gasteiger partial charge >= 0.3 is 0 Å². The molecule has 1 saturated heterocycles. The van der Waals surface area contributed by atoms with Crippen LogP contribution in [0.1, 0.15) is 60.8 Å². The Hall–Kier alpha value is -5.24. The van der Waals surface area contributed by atoms with Crippen LogP contribution in [0.25, 0.3) is 21.9 Å². The van der Waals surface area contributed by atoms with Crippen LogP contribution in [0.15, 0.2) is 48.7 Å². The number of imidazole rings is 1. The van der Waals surface area contributed by atoms with Crippen molar-refractivity contribution in [2.45, 2.75) is 77.1 Å². The highest BCUT2D eigenvalue weighted by molar-refractivity contribution is 5.97. The minimum absolute atomic E-state index is 0.202. The molecular formula is C37H46N8O6. The van der Waals surface area contributed by atoms with Crippen LogP contribution in [0.4, 0.5) is 0 Å². The Morgan fingerprint density at radius 3 is 2.55 bits per heavy atom. The second kappa shape index (κ2) is 16.2. The lowest BCUT2D eigenvalue weighted by atomic mass is 10.0. The second-order valence-corrected chi connectivity index (χ2v) is 13.2. The number of benzene rings is 2. The lowest BCUT2D eigenvalue weighted by molar-refractivity contribution is -0.144. The zero-order valence-electron chi connectivity index (χ0n) is 29.1. The summed E-state index contributed by atoms with van der Waals surface area (Å²) in [6, 6.07) is 11.2. The molecule has 4 heterocycles. The molecule has 4 aromatic rings. The predicted octanol–water partition coefficient (Wildman–Crippen LogP) is 2.10. The molecule has 0 saturated carbocycles. The van der Waals surface area contributed by atoms with Gasteiger partial charge in [-0.2, -0.15) is 0 Å². The zero-order chi connectivity index (χ0) is 35.9. The van der Waals surface area contributed by atoms with Gasteiger partial charge in [0.15, 0.2) is 0 Å². The highest BCUT2D eigenvalue weighted by Crippen LogP contribution is 2.21. The number of carbonyl (C=O) groups is 5. The molecule has 0 unspecified atom stereocenters. The van der Waals surface area contributed by atoms with Crippen molar-refractivity contribution in [1.29, 1.82) is 0 Å². The van der Waals surface area contributed by atoms with Gasteiger partial charge in [-0.15, -0.1) is 0 Å². The summed E-state index contributed by atoms with van der Waals surface area (Å²) < 4.78 is 7.65. The van der Waals surface area contributed by atoms with Crippen molar-refractivity contribution in [3.63, 3.8) is 0 Å². The Morgan fingerprint density at radius 2 is 1.75 bits per heavy atom. The Balaban J connectivity index is 1.26. The summed E-state index contributed by atoms with van der Waals surface area (Å²) in [6.07, 6.45) is 3.99. The van der Waals surface area contributed by atoms with Crippen LogP contribution in [0.5, 0.6) is 0 Å². The average molecular weight is 699 g/mol. The normalized spacial score (nSPS) is 21.8. The van der Waals surface area contributed by atoms with Gasteiger partial charge in [0.05, 0.1) is 17.6 Å². The lowest BCUT2D eigenvalue weighted by Crippen LogP contribution is -2.55. The molecule has 14 heteroatoms. The van der Waals surface area contributed by atoms with Gasteiger partial charge in [0.25, 0.3) is 11.8 Å². The number of amides is 5. The number of aromatic nitrogens is 3. The molecule has 2 aliphatic heterocycles. The molecule has 2 aromatic carbocycles. The van der Waals surface area contributed by atoms with Crippen LogP contribution in [0, 0.1) is 6.92 Å². The predicted molar refractivity (Wildman–Crippen MR) is 191 cm³/mol. The van der Waals surface area contributed by atoms with Gasteiger partial charge < -0.3 is 40.5 Å². The first-order valence-electron chi connectivity index (χ1n) is 17.8. The van der Waals surface area contributed by atoms with Gasteiger partial charge in [-0.25, -0.2) is 4.98 Å². The summed E-state index contributed by atoms with van der Waals surface area (Å²) in [6.45, 7) is 5.23. The Labute approximate surface area is 296 Å². The summed E-state index contributed by atoms with van der Waals surface area (Å²) in [5, 5.41) is 12.5. The third-order valence-corrected chi connectivity index (χ3v) is 9.59. The van der Waals surface area contributed by atoms with E-state index in [2.05, 4.69) is 31.2 Å². The van der Waals surface area contributed by atoms with Crippen LogP contribution in [0.2, 0.25) is 0 Å². The fourth-order valence-electron chi connectivity index (χ4n) is 6.82. The average Bonchev–Trinajstić information content (AvgIpc) is 3.88. The van der Waals surface area contributed by atoms with E-state index in [1.165, 1.54) is 4.90 Å². The number of para-hydroxylation sites is 1. The quantitative estimate of drug-likeness (QED) is 0.217. The Morgan fingerprint density at radius 1 is 0.941 bits per heavy atom. The zero-order valence-corrected chi connectivity index (χ0v) is 29.1. The summed E-state index contributed by atoms with van der Waals surface area (Å²) in [5.41, 5.74) is 3.83. The van der Waals surface area contributed by atoms with Gasteiger partial charge in [0.2, 0.25) is 17.7 Å². The molecule has 1 fully saturated rings. The molecule has 5 amide bonds. The third kappa shape index (κ3) is 8.39. The number of H-pyrrole nitrogens is 1. The number of hydrogen-bond acceptors (Lipinski definition) is 7. The fourth-order valence-corrected chi connectivity index (χ4v) is 6.82. The smallest absolute Gasteiger partial charge is 0.252 e. The summed E-state index contributed by atoms with van der Waals surface area (Å²) in [4.78, 5) is 76.6. The monoisotopic (exact) mass is 698 g/mol. The van der Waals surface area contributed by atoms with E-state index in [1.807, 2.05) is 54.1 Å². The molecule has 3 atom stereocenters. The van der Waals surface area contributed by atoms with Gasteiger partial charge in [0.1, 0.15) is 24.0 Å². The SMILES string of the molecule is CC[C@@H]1NC(=O)CN(C(=O)[C@H]2CCCO2)CCCNC(=O)c2ccc3nc(C)n(c3c2)CCCNC(=O)[C@@H](Cc2c[nH]c3ccccc23)NC1=O. The van der Waals surface area contributed by atoms with Gasteiger partial charge in [0, 0.05) is 61.9 Å². The van der Waals surface area contributed by atoms with Gasteiger partial charge in [-0.05, 0) is 68.9 Å². The van der Waals surface area contributed by atoms with E-state index in [9.17, 15) is 24.0 Å². The van der Waals surface area contributed by atoms with Crippen LogP contribution in [0.3, 0.4) is 0 Å². The van der Waals surface area contributed by atoms with E-state index >= 15 is 0 Å². The number of aryl methyl sites for hydroxylation is 2. The Bertz CT molecular complexity index is 1910. The van der Waals surface area contributed by atoms with E-state index in [4.69, 9.17) is 4.74 Å². The first-order valence-corrected chi connectivity index (χ1v) is 17.8. The molecule has 2 bridgehead atoms. The number of carbonyl (C=O) groups excluding carboxylic acids is 5. The first kappa shape index (κ1) is 35.6. The van der Waals surface area contributed by atoms with E-state index in [0.29, 0.717) is 44.5 Å². The highest BCUT2D eigenvalue weighted by Gasteiger charge is 2.31. The van der Waals surface area contributed by atoms with Crippen molar-refractivity contribution < 1.29 is 28.7 Å². The standard InChI is InChI=1S/C37H46N8O6/c1-3-27-36(49)43-30(19-25-21-40-28-10-5-4-9-26(25)28)35(48)39-15-8-17-45-23(2)41-29-13-12-24(20-31(29)45)34(47)38-14-7-16-44(22-33(46)42-27)37(50)32-11-6-18-51-32/h4-5,9-10,12-13,20-21,27,30,32,40H,3,6-8,11,14-19,22H2,1-2H3,(H,38,47)(H,39,48)(H,42,46)(H,43,49)/t27-,30+,32+/m0/s1. The summed E-state index contributed by atoms with van der Waals surface area (Å²) in [5.74, 6) is -1.13. The third-order valence-electron chi connectivity index (χ3n) is 9.59. The van der Waals surface area contributed by atoms with Crippen molar-refractivity contribution in [2.75, 3.05) is 32.8 Å². The minimum Gasteiger partial charge on any atom is -0.368 e. The van der Waals surface area contributed by atoms with Crippen molar-refractivity contribution in [1.82, 2.24) is 40.7 Å².